The average Bonchev–Trinajstić information content (AvgIpc) is 3.06. The molecule has 5 nitrogen and oxygen atoms in total. The molecule has 4 rings (SSSR count). The molecule has 0 spiro atoms. The van der Waals surface area contributed by atoms with Gasteiger partial charge < -0.3 is 4.90 Å². The molecule has 29 heavy (non-hydrogen) atoms. The molecule has 1 aliphatic heterocycles. The van der Waals surface area contributed by atoms with Gasteiger partial charge in [0.05, 0.1) is 6.67 Å². The molecule has 7 heteroatoms. The molecule has 2 heterocycles. The van der Waals surface area contributed by atoms with Crippen molar-refractivity contribution in [2.45, 2.75) is 13.2 Å². The predicted octanol–water partition coefficient (Wildman–Crippen LogP) is 4.70. The summed E-state index contributed by atoms with van der Waals surface area (Å²) < 4.78 is 4.65. The maximum atomic E-state index is 6.04. The van der Waals surface area contributed by atoms with Crippen molar-refractivity contribution in [1.82, 2.24) is 19.2 Å². The van der Waals surface area contributed by atoms with E-state index in [-0.39, 0.29) is 0 Å². The highest BCUT2D eigenvalue weighted by atomic mass is 35.5. The fourth-order valence-corrected chi connectivity index (χ4v) is 4.00. The maximum absolute atomic E-state index is 6.04. The second-order valence-corrected chi connectivity index (χ2v) is 7.90. The maximum Gasteiger partial charge on any atom is 0.199 e. The molecule has 3 aromatic rings. The first-order valence-electron chi connectivity index (χ1n) is 9.72. The molecule has 2 aromatic carbocycles. The minimum absolute atomic E-state index is 0.624. The van der Waals surface area contributed by atoms with Gasteiger partial charge in [0.15, 0.2) is 10.6 Å². The molecule has 1 saturated heterocycles. The Bertz CT molecular complexity index is 1020. The van der Waals surface area contributed by atoms with Crippen molar-refractivity contribution in [3.8, 4) is 11.4 Å². The predicted molar refractivity (Wildman–Crippen MR) is 122 cm³/mol. The number of rotatable bonds is 6. The van der Waals surface area contributed by atoms with Crippen LogP contribution in [0.25, 0.3) is 11.4 Å². The average molecular weight is 426 g/mol. The summed E-state index contributed by atoms with van der Waals surface area (Å²) in [6.07, 6.45) is 1.85. The largest absolute Gasteiger partial charge is 0.369 e. The number of nitrogens with zero attached hydrogens (tertiary/aromatic N) is 5. The first kappa shape index (κ1) is 19.9. The normalized spacial score (nSPS) is 14.9. The van der Waals surface area contributed by atoms with Gasteiger partial charge in [-0.3, -0.25) is 9.47 Å². The third kappa shape index (κ3) is 4.45. The minimum atomic E-state index is 0.624. The van der Waals surface area contributed by atoms with E-state index in [1.165, 1.54) is 5.69 Å². The fraction of sp³-hybridized carbons (Fsp3) is 0.273. The van der Waals surface area contributed by atoms with Crippen molar-refractivity contribution in [3.05, 3.63) is 77.0 Å². The van der Waals surface area contributed by atoms with Gasteiger partial charge in [-0.2, -0.15) is 5.10 Å². The molecule has 0 aliphatic carbocycles. The van der Waals surface area contributed by atoms with Crippen LogP contribution in [0.15, 0.2) is 67.3 Å². The Morgan fingerprint density at radius 3 is 2.34 bits per heavy atom. The smallest absolute Gasteiger partial charge is 0.199 e. The van der Waals surface area contributed by atoms with E-state index in [0.29, 0.717) is 23.0 Å². The molecule has 1 aromatic heterocycles. The van der Waals surface area contributed by atoms with E-state index in [4.69, 9.17) is 28.9 Å². The second-order valence-electron chi connectivity index (χ2n) is 7.09. The van der Waals surface area contributed by atoms with Crippen LogP contribution in [0.3, 0.4) is 0 Å². The highest BCUT2D eigenvalue weighted by Gasteiger charge is 2.19. The number of allylic oxidation sites excluding steroid dienone is 1. The van der Waals surface area contributed by atoms with Crippen molar-refractivity contribution in [1.29, 1.82) is 0 Å². The Hall–Kier alpha value is -2.41. The molecular weight excluding hydrogens is 402 g/mol. The molecule has 0 atom stereocenters. The number of aromatic nitrogens is 3. The quantitative estimate of drug-likeness (QED) is 0.423. The summed E-state index contributed by atoms with van der Waals surface area (Å²) in [6.45, 7) is 9.11. The van der Waals surface area contributed by atoms with Crippen LogP contribution in [0.5, 0.6) is 0 Å². The molecule has 1 aliphatic rings. The van der Waals surface area contributed by atoms with Crippen molar-refractivity contribution < 1.29 is 0 Å². The molecule has 0 amide bonds. The Morgan fingerprint density at radius 2 is 1.69 bits per heavy atom. The molecule has 0 radical (unpaired) electrons. The van der Waals surface area contributed by atoms with Crippen LogP contribution in [0.1, 0.15) is 0 Å². The zero-order chi connectivity index (χ0) is 20.2. The summed E-state index contributed by atoms with van der Waals surface area (Å²) in [5.74, 6) is 0.842. The van der Waals surface area contributed by atoms with Crippen LogP contribution in [-0.4, -0.2) is 45.4 Å². The number of piperazine rings is 1. The molecule has 0 N–H and O–H groups in total. The number of benzene rings is 2. The van der Waals surface area contributed by atoms with Gasteiger partial charge in [-0.25, -0.2) is 4.68 Å². The fourth-order valence-electron chi connectivity index (χ4n) is 3.62. The number of hydrogen-bond acceptors (Lipinski definition) is 4. The van der Waals surface area contributed by atoms with Crippen LogP contribution in [0.2, 0.25) is 5.02 Å². The highest BCUT2D eigenvalue weighted by molar-refractivity contribution is 7.71. The highest BCUT2D eigenvalue weighted by Crippen LogP contribution is 2.22. The number of halogens is 1. The van der Waals surface area contributed by atoms with Crippen LogP contribution >= 0.6 is 23.8 Å². The summed E-state index contributed by atoms with van der Waals surface area (Å²) in [4.78, 5) is 4.82. The third-order valence-corrected chi connectivity index (χ3v) is 5.85. The molecular formula is C22H24ClN5S. The lowest BCUT2D eigenvalue weighted by molar-refractivity contribution is 0.194. The van der Waals surface area contributed by atoms with E-state index in [0.717, 1.165) is 37.6 Å². The molecule has 0 bridgehead atoms. The lowest BCUT2D eigenvalue weighted by Crippen LogP contribution is -2.47. The monoisotopic (exact) mass is 425 g/mol. The van der Waals surface area contributed by atoms with Gasteiger partial charge in [0.2, 0.25) is 0 Å². The molecule has 0 unspecified atom stereocenters. The van der Waals surface area contributed by atoms with Crippen molar-refractivity contribution in [2.75, 3.05) is 31.1 Å². The van der Waals surface area contributed by atoms with Gasteiger partial charge >= 0.3 is 0 Å². The SMILES string of the molecule is C=CCn1c(-c2ccc(Cl)cc2)nn(CN2CCN(c3ccccc3)CC2)c1=S. The first-order chi connectivity index (χ1) is 14.2. The van der Waals surface area contributed by atoms with Crippen molar-refractivity contribution in [3.63, 3.8) is 0 Å². The van der Waals surface area contributed by atoms with E-state index in [1.807, 2.05) is 39.6 Å². The number of anilines is 1. The van der Waals surface area contributed by atoms with Crippen LogP contribution in [0, 0.1) is 4.77 Å². The zero-order valence-corrected chi connectivity index (χ0v) is 17.8. The van der Waals surface area contributed by atoms with Crippen molar-refractivity contribution in [2.24, 2.45) is 0 Å². The Kier molecular flexibility index (Phi) is 6.13. The lowest BCUT2D eigenvalue weighted by Gasteiger charge is -2.35. The Balaban J connectivity index is 1.51. The zero-order valence-electron chi connectivity index (χ0n) is 16.2. The lowest BCUT2D eigenvalue weighted by atomic mass is 10.2. The molecule has 1 fully saturated rings. The van der Waals surface area contributed by atoms with Gasteiger partial charge in [-0.1, -0.05) is 35.9 Å². The molecule has 0 saturated carbocycles. The van der Waals surface area contributed by atoms with Gasteiger partial charge in [-0.05, 0) is 48.6 Å². The van der Waals surface area contributed by atoms with Gasteiger partial charge in [0, 0.05) is 49.0 Å². The summed E-state index contributed by atoms with van der Waals surface area (Å²) in [5.41, 5.74) is 2.28. The topological polar surface area (TPSA) is 29.2 Å². The second kappa shape index (κ2) is 8.95. The number of para-hydroxylation sites is 1. The van der Waals surface area contributed by atoms with Crippen molar-refractivity contribution >= 4 is 29.5 Å². The summed E-state index contributed by atoms with van der Waals surface area (Å²) >= 11 is 11.8. The van der Waals surface area contributed by atoms with Crippen LogP contribution in [-0.2, 0) is 13.2 Å². The van der Waals surface area contributed by atoms with Gasteiger partial charge in [0.25, 0.3) is 0 Å². The Labute approximate surface area is 181 Å². The molecule has 150 valence electrons. The summed E-state index contributed by atoms with van der Waals surface area (Å²) in [6, 6.07) is 18.3. The van der Waals surface area contributed by atoms with Gasteiger partial charge in [-0.15, -0.1) is 6.58 Å². The van der Waals surface area contributed by atoms with E-state index < -0.39 is 0 Å². The first-order valence-corrected chi connectivity index (χ1v) is 10.5. The number of hydrogen-bond donors (Lipinski definition) is 0. The summed E-state index contributed by atoms with van der Waals surface area (Å²) in [5, 5.41) is 5.54. The minimum Gasteiger partial charge on any atom is -0.369 e. The summed E-state index contributed by atoms with van der Waals surface area (Å²) in [7, 11) is 0. The van der Waals surface area contributed by atoms with Crippen LogP contribution in [0.4, 0.5) is 5.69 Å². The third-order valence-electron chi connectivity index (χ3n) is 5.16. The Morgan fingerprint density at radius 1 is 1.00 bits per heavy atom. The van der Waals surface area contributed by atoms with Crippen LogP contribution < -0.4 is 4.90 Å². The van der Waals surface area contributed by atoms with E-state index >= 15 is 0 Å². The van der Waals surface area contributed by atoms with E-state index in [2.05, 4.69) is 46.7 Å². The van der Waals surface area contributed by atoms with E-state index in [1.54, 1.807) is 0 Å². The standard InChI is InChI=1S/C22H24ClN5S/c1-2-12-27-21(18-8-10-19(23)11-9-18)24-28(22(27)29)17-25-13-15-26(16-14-25)20-6-4-3-5-7-20/h2-11H,1,12-17H2. The van der Waals surface area contributed by atoms with E-state index in [9.17, 15) is 0 Å². The van der Waals surface area contributed by atoms with Gasteiger partial charge in [0.1, 0.15) is 0 Å².